The fourth-order valence-corrected chi connectivity index (χ4v) is 11.5. The number of rotatable bonds is 3. The molecule has 0 atom stereocenters. The van der Waals surface area contributed by atoms with E-state index >= 15 is 0 Å². The molecular weight excluding hydrogens is 673 g/mol. The van der Waals surface area contributed by atoms with Crippen LogP contribution in [-0.2, 0) is 10.8 Å². The molecule has 3 aliphatic rings. The van der Waals surface area contributed by atoms with Crippen molar-refractivity contribution in [1.82, 2.24) is 0 Å². The summed E-state index contributed by atoms with van der Waals surface area (Å²) in [5.74, 6) is 0. The maximum absolute atomic E-state index is 2.56. The molecule has 3 aliphatic carbocycles. The van der Waals surface area contributed by atoms with E-state index in [0.29, 0.717) is 0 Å². The highest BCUT2D eigenvalue weighted by molar-refractivity contribution is 6.25. The Morgan fingerprint density at radius 3 is 1.64 bits per heavy atom. The second-order valence-electron chi connectivity index (χ2n) is 17.1. The van der Waals surface area contributed by atoms with Gasteiger partial charge in [0.25, 0.3) is 0 Å². The van der Waals surface area contributed by atoms with Crippen molar-refractivity contribution in [3.8, 4) is 55.6 Å². The topological polar surface area (TPSA) is 0 Å². The molecule has 0 aromatic heterocycles. The van der Waals surface area contributed by atoms with Gasteiger partial charge in [-0.15, -0.1) is 0 Å². The standard InChI is InChI=1S/C56H42/c1-55(2)48-24-12-11-23-45(48)54-41-20-7-6-18-38(41)47(34-51(54)55)53-43-22-9-8-21-42(43)52(35-16-4-3-5-17-35)44-29-27-36(32-46(44)53)37-26-28-40-39-19-10-13-25-49(39)56(50(40)33-37)30-14-15-31-56/h3-13,16-29,32-34H,14-15,30-31H2,1-2H3. The third kappa shape index (κ3) is 4.25. The molecule has 0 unspecified atom stereocenters. The molecule has 0 nitrogen and oxygen atoms in total. The van der Waals surface area contributed by atoms with Gasteiger partial charge in [-0.2, -0.15) is 0 Å². The highest BCUT2D eigenvalue weighted by Gasteiger charge is 2.45. The third-order valence-electron chi connectivity index (χ3n) is 14.0. The number of benzene rings is 9. The second kappa shape index (κ2) is 11.6. The molecule has 0 heteroatoms. The van der Waals surface area contributed by atoms with E-state index < -0.39 is 0 Å². The van der Waals surface area contributed by atoms with Crippen molar-refractivity contribution in [3.63, 3.8) is 0 Å². The van der Waals surface area contributed by atoms with Crippen molar-refractivity contribution in [2.24, 2.45) is 0 Å². The summed E-state index contributed by atoms with van der Waals surface area (Å²) in [6, 6.07) is 64.8. The van der Waals surface area contributed by atoms with Crippen molar-refractivity contribution in [2.45, 2.75) is 50.4 Å². The lowest BCUT2D eigenvalue weighted by Gasteiger charge is -2.27. The van der Waals surface area contributed by atoms with Crippen molar-refractivity contribution in [1.29, 1.82) is 0 Å². The third-order valence-corrected chi connectivity index (χ3v) is 14.0. The van der Waals surface area contributed by atoms with Crippen molar-refractivity contribution in [3.05, 3.63) is 192 Å². The molecule has 1 spiro atoms. The first-order chi connectivity index (χ1) is 27.5. The summed E-state index contributed by atoms with van der Waals surface area (Å²) in [7, 11) is 0. The van der Waals surface area contributed by atoms with Crippen LogP contribution in [0.3, 0.4) is 0 Å². The average Bonchev–Trinajstić information content (AvgIpc) is 3.92. The fraction of sp³-hybridized carbons (Fsp3) is 0.143. The molecule has 1 saturated carbocycles. The van der Waals surface area contributed by atoms with Gasteiger partial charge in [0, 0.05) is 10.8 Å². The molecule has 9 aromatic carbocycles. The van der Waals surface area contributed by atoms with Crippen LogP contribution in [0.2, 0.25) is 0 Å². The van der Waals surface area contributed by atoms with Gasteiger partial charge in [0.1, 0.15) is 0 Å². The van der Waals surface area contributed by atoms with E-state index in [9.17, 15) is 0 Å². The second-order valence-corrected chi connectivity index (χ2v) is 17.1. The number of hydrogen-bond acceptors (Lipinski definition) is 0. The van der Waals surface area contributed by atoms with E-state index in [1.807, 2.05) is 0 Å². The lowest BCUT2D eigenvalue weighted by atomic mass is 9.76. The van der Waals surface area contributed by atoms with Gasteiger partial charge in [-0.25, -0.2) is 0 Å². The van der Waals surface area contributed by atoms with Gasteiger partial charge in [0.05, 0.1) is 0 Å². The van der Waals surface area contributed by atoms with E-state index in [2.05, 4.69) is 184 Å². The quantitative estimate of drug-likeness (QED) is 0.160. The fourth-order valence-electron chi connectivity index (χ4n) is 11.5. The molecular formula is C56H42. The molecule has 1 fully saturated rings. The highest BCUT2D eigenvalue weighted by Crippen LogP contribution is 2.58. The van der Waals surface area contributed by atoms with Gasteiger partial charge in [-0.1, -0.05) is 178 Å². The smallest absolute Gasteiger partial charge is 0.0215 e. The first kappa shape index (κ1) is 32.0. The monoisotopic (exact) mass is 714 g/mol. The number of fused-ring (bicyclic) bond motifs is 12. The van der Waals surface area contributed by atoms with Crippen LogP contribution in [0.15, 0.2) is 170 Å². The van der Waals surface area contributed by atoms with Crippen LogP contribution in [0, 0.1) is 0 Å². The minimum atomic E-state index is -0.121. The number of hydrogen-bond donors (Lipinski definition) is 0. The van der Waals surface area contributed by atoms with Crippen molar-refractivity contribution < 1.29 is 0 Å². The van der Waals surface area contributed by atoms with Crippen LogP contribution in [-0.4, -0.2) is 0 Å². The van der Waals surface area contributed by atoms with E-state index in [-0.39, 0.29) is 10.8 Å². The Bertz CT molecular complexity index is 3100. The molecule has 0 radical (unpaired) electrons. The maximum atomic E-state index is 2.56. The van der Waals surface area contributed by atoms with Crippen LogP contribution >= 0.6 is 0 Å². The predicted octanol–water partition coefficient (Wildman–Crippen LogP) is 15.3. The molecule has 0 N–H and O–H groups in total. The molecule has 0 amide bonds. The van der Waals surface area contributed by atoms with Crippen LogP contribution in [0.5, 0.6) is 0 Å². The highest BCUT2D eigenvalue weighted by atomic mass is 14.5. The Labute approximate surface area is 329 Å². The first-order valence-electron chi connectivity index (χ1n) is 20.5. The van der Waals surface area contributed by atoms with Gasteiger partial charge in [0.15, 0.2) is 0 Å². The Hall–Kier alpha value is -6.24. The average molecular weight is 715 g/mol. The molecule has 0 heterocycles. The Morgan fingerprint density at radius 1 is 0.321 bits per heavy atom. The molecule has 12 rings (SSSR count). The van der Waals surface area contributed by atoms with E-state index in [4.69, 9.17) is 0 Å². The summed E-state index contributed by atoms with van der Waals surface area (Å²) in [6.45, 7) is 4.82. The molecule has 56 heavy (non-hydrogen) atoms. The normalized spacial score (nSPS) is 15.7. The molecule has 0 aliphatic heterocycles. The molecule has 9 aromatic rings. The van der Waals surface area contributed by atoms with Crippen LogP contribution < -0.4 is 0 Å². The van der Waals surface area contributed by atoms with Gasteiger partial charge < -0.3 is 0 Å². The zero-order chi connectivity index (χ0) is 37.2. The van der Waals surface area contributed by atoms with E-state index in [1.54, 1.807) is 0 Å². The van der Waals surface area contributed by atoms with E-state index in [0.717, 1.165) is 0 Å². The molecule has 266 valence electrons. The maximum Gasteiger partial charge on any atom is 0.0215 e. The predicted molar refractivity (Wildman–Crippen MR) is 238 cm³/mol. The van der Waals surface area contributed by atoms with Crippen LogP contribution in [0.25, 0.3) is 88.0 Å². The largest absolute Gasteiger partial charge is 0.0622 e. The Balaban J connectivity index is 1.18. The summed E-state index contributed by atoms with van der Waals surface area (Å²) < 4.78 is 0. The van der Waals surface area contributed by atoms with Crippen LogP contribution in [0.1, 0.15) is 61.8 Å². The Morgan fingerprint density at radius 2 is 0.875 bits per heavy atom. The first-order valence-corrected chi connectivity index (χ1v) is 20.5. The summed E-state index contributed by atoms with van der Waals surface area (Å²) in [4.78, 5) is 0. The zero-order valence-electron chi connectivity index (χ0n) is 32.0. The van der Waals surface area contributed by atoms with Crippen LogP contribution in [0.4, 0.5) is 0 Å². The van der Waals surface area contributed by atoms with Gasteiger partial charge in [0.2, 0.25) is 0 Å². The summed E-state index contributed by atoms with van der Waals surface area (Å²) in [5, 5.41) is 7.82. The van der Waals surface area contributed by atoms with Gasteiger partial charge in [-0.05, 0) is 141 Å². The SMILES string of the molecule is CC1(C)c2ccccc2-c2c1cc(-c1c3ccccc3c(-c3ccccc3)c3ccc(-c4ccc5c(c4)C4(CCCC4)c4ccccc4-5)cc13)c1ccccc21. The summed E-state index contributed by atoms with van der Waals surface area (Å²) in [5.41, 5.74) is 19.3. The zero-order valence-corrected chi connectivity index (χ0v) is 32.0. The van der Waals surface area contributed by atoms with Gasteiger partial charge >= 0.3 is 0 Å². The van der Waals surface area contributed by atoms with E-state index in [1.165, 1.54) is 136 Å². The molecule has 0 bridgehead atoms. The minimum Gasteiger partial charge on any atom is -0.0622 e. The summed E-state index contributed by atoms with van der Waals surface area (Å²) >= 11 is 0. The van der Waals surface area contributed by atoms with Gasteiger partial charge in [-0.3, -0.25) is 0 Å². The minimum absolute atomic E-state index is 0.121. The lowest BCUT2D eigenvalue weighted by Crippen LogP contribution is -2.20. The summed E-state index contributed by atoms with van der Waals surface area (Å²) in [6.07, 6.45) is 5.06. The lowest BCUT2D eigenvalue weighted by molar-refractivity contribution is 0.550. The van der Waals surface area contributed by atoms with Crippen molar-refractivity contribution >= 4 is 32.3 Å². The molecule has 0 saturated heterocycles. The van der Waals surface area contributed by atoms with Crippen molar-refractivity contribution in [2.75, 3.05) is 0 Å². The Kier molecular flexibility index (Phi) is 6.66.